The molecule has 0 fully saturated rings. The molecule has 0 aromatic heterocycles. The van der Waals surface area contributed by atoms with Gasteiger partial charge < -0.3 is 4.90 Å². The molecule has 4 aromatic carbocycles. The van der Waals surface area contributed by atoms with E-state index in [-0.39, 0.29) is 5.78 Å². The second-order valence-corrected chi connectivity index (χ2v) is 8.44. The Balaban J connectivity index is 1.56. The van der Waals surface area contributed by atoms with Crippen LogP contribution in [0.4, 0.5) is 17.1 Å². The van der Waals surface area contributed by atoms with Gasteiger partial charge in [0.05, 0.1) is 17.1 Å². The lowest BCUT2D eigenvalue weighted by atomic mass is 9.83. The van der Waals surface area contributed by atoms with Crippen LogP contribution in [0.1, 0.15) is 27.0 Å². The van der Waals surface area contributed by atoms with Crippen LogP contribution in [0.5, 0.6) is 0 Å². The van der Waals surface area contributed by atoms with E-state index in [1.54, 1.807) is 17.8 Å². The zero-order chi connectivity index (χ0) is 20.2. The summed E-state index contributed by atoms with van der Waals surface area (Å²) in [5, 5.41) is 8.77. The quantitative estimate of drug-likeness (QED) is 0.336. The molecular weight excluding hydrogens is 388 g/mol. The molecule has 4 heteroatoms. The van der Waals surface area contributed by atoms with Crippen molar-refractivity contribution in [2.45, 2.75) is 9.79 Å². The van der Waals surface area contributed by atoms with E-state index < -0.39 is 0 Å². The zero-order valence-electron chi connectivity index (χ0n) is 15.9. The number of carbonyl (C=O) groups is 1. The van der Waals surface area contributed by atoms with Crippen molar-refractivity contribution in [2.75, 3.05) is 4.90 Å². The molecule has 1 aliphatic carbocycles. The highest BCUT2D eigenvalue weighted by Crippen LogP contribution is 2.51. The molecule has 6 rings (SSSR count). The summed E-state index contributed by atoms with van der Waals surface area (Å²) in [5.74, 6) is -0.0156. The van der Waals surface area contributed by atoms with Gasteiger partial charge in [-0.05, 0) is 42.5 Å². The van der Waals surface area contributed by atoms with E-state index in [9.17, 15) is 4.79 Å². The molecule has 142 valence electrons. The molecule has 0 saturated carbocycles. The van der Waals surface area contributed by atoms with Crippen LogP contribution in [-0.4, -0.2) is 11.5 Å². The molecule has 2 aliphatic rings. The van der Waals surface area contributed by atoms with E-state index in [0.29, 0.717) is 28.0 Å². The third kappa shape index (κ3) is 2.41. The smallest absolute Gasteiger partial charge is 0.194 e. The van der Waals surface area contributed by atoms with Crippen molar-refractivity contribution in [3.63, 3.8) is 0 Å². The summed E-state index contributed by atoms with van der Waals surface area (Å²) >= 11 is 1.76. The number of nitrogens with one attached hydrogen (secondary N) is 1. The fraction of sp³-hybridized carbons (Fsp3) is 0. The largest absolute Gasteiger partial charge is 0.308 e. The number of fused-ring (bicyclic) bond motifs is 4. The summed E-state index contributed by atoms with van der Waals surface area (Å²) in [4.78, 5) is 17.6. The molecule has 30 heavy (non-hydrogen) atoms. The first-order valence-corrected chi connectivity index (χ1v) is 10.6. The summed E-state index contributed by atoms with van der Waals surface area (Å²) in [6, 6.07) is 29.9. The Bertz CT molecular complexity index is 1330. The van der Waals surface area contributed by atoms with Gasteiger partial charge in [0.1, 0.15) is 0 Å². The number of anilines is 3. The summed E-state index contributed by atoms with van der Waals surface area (Å²) in [7, 11) is 0. The van der Waals surface area contributed by atoms with E-state index in [0.717, 1.165) is 17.1 Å². The van der Waals surface area contributed by atoms with Crippen molar-refractivity contribution in [2.24, 2.45) is 0 Å². The van der Waals surface area contributed by atoms with Crippen molar-refractivity contribution in [1.29, 1.82) is 5.41 Å². The van der Waals surface area contributed by atoms with Crippen LogP contribution in [0, 0.1) is 5.41 Å². The number of carbonyl (C=O) groups excluding carboxylic acids is 1. The molecule has 0 saturated heterocycles. The Kier molecular flexibility index (Phi) is 3.70. The fourth-order valence-corrected chi connectivity index (χ4v) is 5.31. The number of ketones is 1. The molecule has 0 spiro atoms. The number of benzene rings is 4. The van der Waals surface area contributed by atoms with Gasteiger partial charge in [0.2, 0.25) is 0 Å². The van der Waals surface area contributed by atoms with Crippen LogP contribution < -0.4 is 4.90 Å². The number of rotatable bonds is 1. The first-order valence-electron chi connectivity index (χ1n) is 9.75. The van der Waals surface area contributed by atoms with Crippen molar-refractivity contribution in [3.05, 3.63) is 113 Å². The maximum absolute atomic E-state index is 13.0. The van der Waals surface area contributed by atoms with Crippen LogP contribution in [0.25, 0.3) is 0 Å². The van der Waals surface area contributed by atoms with Gasteiger partial charge in [0.15, 0.2) is 5.78 Å². The second-order valence-electron chi connectivity index (χ2n) is 7.35. The average molecular weight is 404 g/mol. The predicted octanol–water partition coefficient (Wildman–Crippen LogP) is 6.58. The van der Waals surface area contributed by atoms with Crippen LogP contribution in [0.3, 0.4) is 0 Å². The lowest BCUT2D eigenvalue weighted by molar-refractivity contribution is 0.103. The third-order valence-corrected chi connectivity index (χ3v) is 6.78. The average Bonchev–Trinajstić information content (AvgIpc) is 2.80. The van der Waals surface area contributed by atoms with Crippen molar-refractivity contribution in [3.8, 4) is 0 Å². The minimum Gasteiger partial charge on any atom is -0.308 e. The molecule has 0 radical (unpaired) electrons. The Labute approximate surface area is 178 Å². The standard InChI is InChI=1S/C26H16N2OS/c27-25-17-7-1-2-8-18(17)26(29)19-14-13-16(15-20(19)25)28-21-9-3-5-11-23(21)30-24-12-6-4-10-22(24)28/h1-15,27H. The van der Waals surface area contributed by atoms with Gasteiger partial charge in [-0.1, -0.05) is 60.3 Å². The lowest BCUT2D eigenvalue weighted by Gasteiger charge is -2.33. The van der Waals surface area contributed by atoms with Crippen LogP contribution in [0.15, 0.2) is 101 Å². The monoisotopic (exact) mass is 404 g/mol. The Hall–Kier alpha value is -3.63. The maximum Gasteiger partial charge on any atom is 0.194 e. The summed E-state index contributed by atoms with van der Waals surface area (Å²) in [5.41, 5.74) is 6.14. The van der Waals surface area contributed by atoms with Gasteiger partial charge in [0, 0.05) is 37.7 Å². The van der Waals surface area contributed by atoms with E-state index in [1.807, 2.05) is 48.5 Å². The topological polar surface area (TPSA) is 44.2 Å². The van der Waals surface area contributed by atoms with Gasteiger partial charge in [-0.2, -0.15) is 0 Å². The molecular formula is C26H16N2OS. The summed E-state index contributed by atoms with van der Waals surface area (Å²) < 4.78 is 0. The lowest BCUT2D eigenvalue weighted by Crippen LogP contribution is -2.22. The fourth-order valence-electron chi connectivity index (χ4n) is 4.25. The van der Waals surface area contributed by atoms with Crippen molar-refractivity contribution < 1.29 is 4.79 Å². The molecule has 0 bridgehead atoms. The van der Waals surface area contributed by atoms with Crippen molar-refractivity contribution >= 4 is 40.3 Å². The number of hydrogen-bond acceptors (Lipinski definition) is 4. The van der Waals surface area contributed by atoms with E-state index in [4.69, 9.17) is 5.41 Å². The number of nitrogens with zero attached hydrogens (tertiary/aromatic N) is 1. The molecule has 1 aliphatic heterocycles. The maximum atomic E-state index is 13.0. The Morgan fingerprint density at radius 2 is 1.20 bits per heavy atom. The first kappa shape index (κ1) is 17.2. The molecule has 0 atom stereocenters. The number of hydrogen-bond donors (Lipinski definition) is 1. The highest BCUT2D eigenvalue weighted by Gasteiger charge is 2.29. The highest BCUT2D eigenvalue weighted by molar-refractivity contribution is 7.99. The normalized spacial score (nSPS) is 13.9. The van der Waals surface area contributed by atoms with E-state index in [2.05, 4.69) is 41.3 Å². The van der Waals surface area contributed by atoms with Gasteiger partial charge in [-0.15, -0.1) is 0 Å². The minimum atomic E-state index is -0.0156. The van der Waals surface area contributed by atoms with Crippen molar-refractivity contribution in [1.82, 2.24) is 0 Å². The molecule has 0 amide bonds. The van der Waals surface area contributed by atoms with Crippen LogP contribution in [-0.2, 0) is 0 Å². The van der Waals surface area contributed by atoms with E-state index >= 15 is 0 Å². The Morgan fingerprint density at radius 1 is 0.633 bits per heavy atom. The minimum absolute atomic E-state index is 0.0156. The predicted molar refractivity (Wildman–Crippen MR) is 121 cm³/mol. The highest BCUT2D eigenvalue weighted by atomic mass is 32.2. The Morgan fingerprint density at radius 3 is 1.90 bits per heavy atom. The SMILES string of the molecule is N=C1c2ccccc2C(=O)c2ccc(N3c4ccccc4Sc4ccccc43)cc21. The second kappa shape index (κ2) is 6.44. The summed E-state index contributed by atoms with van der Waals surface area (Å²) in [6.45, 7) is 0. The number of para-hydroxylation sites is 2. The van der Waals surface area contributed by atoms with Gasteiger partial charge in [-0.3, -0.25) is 10.2 Å². The van der Waals surface area contributed by atoms with Gasteiger partial charge in [0.25, 0.3) is 0 Å². The third-order valence-electron chi connectivity index (χ3n) is 5.65. The molecule has 4 aromatic rings. The molecule has 3 nitrogen and oxygen atoms in total. The zero-order valence-corrected chi connectivity index (χ0v) is 16.7. The van der Waals surface area contributed by atoms with Crippen LogP contribution in [0.2, 0.25) is 0 Å². The molecule has 1 N–H and O–H groups in total. The summed E-state index contributed by atoms with van der Waals surface area (Å²) in [6.07, 6.45) is 0. The molecule has 0 unspecified atom stereocenters. The van der Waals surface area contributed by atoms with Gasteiger partial charge in [-0.25, -0.2) is 0 Å². The first-order chi connectivity index (χ1) is 14.7. The molecule has 1 heterocycles. The van der Waals surface area contributed by atoms with E-state index in [1.165, 1.54) is 9.79 Å². The van der Waals surface area contributed by atoms with Crippen LogP contribution >= 0.6 is 11.8 Å². The van der Waals surface area contributed by atoms with Gasteiger partial charge >= 0.3 is 0 Å².